The topological polar surface area (TPSA) is 80.9 Å². The molecule has 1 amide bonds. The number of nitrogens with zero attached hydrogens (tertiary/aromatic N) is 3. The maximum Gasteiger partial charge on any atom is 0.256 e. The Kier molecular flexibility index (Phi) is 4.73. The van der Waals surface area contributed by atoms with Gasteiger partial charge >= 0.3 is 0 Å². The maximum absolute atomic E-state index is 12.1. The Morgan fingerprint density at radius 2 is 2.04 bits per heavy atom. The van der Waals surface area contributed by atoms with E-state index in [-0.39, 0.29) is 5.91 Å². The highest BCUT2D eigenvalue weighted by atomic mass is 32.2. The van der Waals surface area contributed by atoms with Crippen molar-refractivity contribution < 1.29 is 9.32 Å². The standard InChI is InChI=1S/C15H14N4O2S2/c1-9-7-13(19-21-9)16-14(20)12-5-3-11(4-6-12)8-22-15-18-17-10(2)23-15/h3-7H,8H2,1-2H3,(H,16,19,20). The number of thioether (sulfide) groups is 1. The third-order valence-electron chi connectivity index (χ3n) is 2.96. The fourth-order valence-corrected chi connectivity index (χ4v) is 3.62. The minimum Gasteiger partial charge on any atom is -0.360 e. The highest BCUT2D eigenvalue weighted by Crippen LogP contribution is 2.25. The van der Waals surface area contributed by atoms with E-state index in [0.29, 0.717) is 17.1 Å². The largest absolute Gasteiger partial charge is 0.360 e. The third kappa shape index (κ3) is 4.17. The summed E-state index contributed by atoms with van der Waals surface area (Å²) in [5.74, 6) is 1.65. The number of amides is 1. The summed E-state index contributed by atoms with van der Waals surface area (Å²) < 4.78 is 5.87. The zero-order valence-corrected chi connectivity index (χ0v) is 14.2. The van der Waals surface area contributed by atoms with E-state index in [1.165, 1.54) is 0 Å². The van der Waals surface area contributed by atoms with E-state index < -0.39 is 0 Å². The SMILES string of the molecule is Cc1cc(NC(=O)c2ccc(CSc3nnc(C)s3)cc2)no1. The number of nitrogens with one attached hydrogen (secondary N) is 1. The van der Waals surface area contributed by atoms with Gasteiger partial charge in [-0.1, -0.05) is 40.4 Å². The highest BCUT2D eigenvalue weighted by molar-refractivity contribution is 8.00. The molecule has 0 aliphatic carbocycles. The lowest BCUT2D eigenvalue weighted by atomic mass is 10.1. The van der Waals surface area contributed by atoms with Crippen molar-refractivity contribution in [2.45, 2.75) is 23.9 Å². The van der Waals surface area contributed by atoms with Crippen LogP contribution in [-0.2, 0) is 5.75 Å². The minimum absolute atomic E-state index is 0.211. The molecular formula is C15H14N4O2S2. The number of aromatic nitrogens is 3. The second kappa shape index (κ2) is 6.93. The van der Waals surface area contributed by atoms with E-state index >= 15 is 0 Å². The van der Waals surface area contributed by atoms with Crippen LogP contribution < -0.4 is 5.32 Å². The molecule has 0 radical (unpaired) electrons. The fourth-order valence-electron chi connectivity index (χ4n) is 1.85. The summed E-state index contributed by atoms with van der Waals surface area (Å²) in [5.41, 5.74) is 1.70. The summed E-state index contributed by atoms with van der Waals surface area (Å²) in [7, 11) is 0. The van der Waals surface area contributed by atoms with Crippen LogP contribution in [0.15, 0.2) is 39.2 Å². The minimum atomic E-state index is -0.211. The molecule has 6 nitrogen and oxygen atoms in total. The van der Waals surface area contributed by atoms with Gasteiger partial charge in [-0.2, -0.15) is 0 Å². The summed E-state index contributed by atoms with van der Waals surface area (Å²) in [6, 6.07) is 9.13. The third-order valence-corrected chi connectivity index (χ3v) is 5.00. The van der Waals surface area contributed by atoms with Gasteiger partial charge in [0.2, 0.25) is 0 Å². The number of carbonyl (C=O) groups is 1. The summed E-state index contributed by atoms with van der Waals surface area (Å²) in [6.07, 6.45) is 0. The zero-order valence-electron chi connectivity index (χ0n) is 12.6. The first-order valence-corrected chi connectivity index (χ1v) is 8.67. The van der Waals surface area contributed by atoms with Crippen molar-refractivity contribution in [1.82, 2.24) is 15.4 Å². The monoisotopic (exact) mass is 346 g/mol. The molecule has 0 spiro atoms. The number of hydrogen-bond acceptors (Lipinski definition) is 7. The first-order chi connectivity index (χ1) is 11.1. The summed E-state index contributed by atoms with van der Waals surface area (Å²) >= 11 is 3.21. The fraction of sp³-hybridized carbons (Fsp3) is 0.200. The Labute approximate surface area is 141 Å². The van der Waals surface area contributed by atoms with E-state index in [1.54, 1.807) is 48.2 Å². The number of carbonyl (C=O) groups excluding carboxylic acids is 1. The molecule has 2 aromatic heterocycles. The van der Waals surface area contributed by atoms with E-state index in [1.807, 2.05) is 19.1 Å². The number of rotatable bonds is 5. The quantitative estimate of drug-likeness (QED) is 0.710. The van der Waals surface area contributed by atoms with Crippen molar-refractivity contribution in [3.05, 3.63) is 52.2 Å². The predicted molar refractivity (Wildman–Crippen MR) is 89.8 cm³/mol. The lowest BCUT2D eigenvalue weighted by Gasteiger charge is -2.03. The van der Waals surface area contributed by atoms with Gasteiger partial charge in [0.1, 0.15) is 10.8 Å². The molecule has 3 aromatic rings. The van der Waals surface area contributed by atoms with Crippen molar-refractivity contribution in [1.29, 1.82) is 0 Å². The first kappa shape index (κ1) is 15.7. The van der Waals surface area contributed by atoms with Crippen LogP contribution in [-0.4, -0.2) is 21.3 Å². The second-order valence-electron chi connectivity index (χ2n) is 4.85. The molecule has 8 heteroatoms. The Bertz CT molecular complexity index is 811. The van der Waals surface area contributed by atoms with Gasteiger partial charge in [-0.3, -0.25) is 4.79 Å². The Balaban J connectivity index is 1.58. The van der Waals surface area contributed by atoms with E-state index in [9.17, 15) is 4.79 Å². The van der Waals surface area contributed by atoms with Gasteiger partial charge in [-0.25, -0.2) is 0 Å². The Morgan fingerprint density at radius 3 is 2.65 bits per heavy atom. The van der Waals surface area contributed by atoms with Crippen LogP contribution >= 0.6 is 23.1 Å². The second-order valence-corrected chi connectivity index (χ2v) is 7.25. The zero-order chi connectivity index (χ0) is 16.2. The Morgan fingerprint density at radius 1 is 1.26 bits per heavy atom. The molecule has 118 valence electrons. The van der Waals surface area contributed by atoms with Crippen molar-refractivity contribution in [2.75, 3.05) is 5.32 Å². The molecule has 0 fully saturated rings. The van der Waals surface area contributed by atoms with Crippen molar-refractivity contribution in [3.8, 4) is 0 Å². The summed E-state index contributed by atoms with van der Waals surface area (Å²) in [4.78, 5) is 12.1. The molecule has 0 atom stereocenters. The van der Waals surface area contributed by atoms with Crippen molar-refractivity contribution in [2.24, 2.45) is 0 Å². The lowest BCUT2D eigenvalue weighted by molar-refractivity contribution is 0.102. The molecule has 0 unspecified atom stereocenters. The smallest absolute Gasteiger partial charge is 0.256 e. The molecule has 0 aliphatic rings. The Hall–Kier alpha value is -2.19. The molecule has 2 heterocycles. The van der Waals surface area contributed by atoms with Crippen LogP contribution in [0.5, 0.6) is 0 Å². The van der Waals surface area contributed by atoms with Crippen LogP contribution in [0.1, 0.15) is 26.7 Å². The van der Waals surface area contributed by atoms with Crippen molar-refractivity contribution >= 4 is 34.8 Å². The molecule has 1 N–H and O–H groups in total. The van der Waals surface area contributed by atoms with Crippen LogP contribution in [0, 0.1) is 13.8 Å². The van der Waals surface area contributed by atoms with Crippen LogP contribution in [0.25, 0.3) is 0 Å². The van der Waals surface area contributed by atoms with Gasteiger partial charge < -0.3 is 9.84 Å². The normalized spacial score (nSPS) is 10.7. The van der Waals surface area contributed by atoms with E-state index in [4.69, 9.17) is 4.52 Å². The summed E-state index contributed by atoms with van der Waals surface area (Å²) in [5, 5.41) is 15.5. The molecule has 1 aromatic carbocycles. The van der Waals surface area contributed by atoms with Gasteiger partial charge in [0.25, 0.3) is 5.91 Å². The van der Waals surface area contributed by atoms with Gasteiger partial charge in [0, 0.05) is 17.4 Å². The summed E-state index contributed by atoms with van der Waals surface area (Å²) in [6.45, 7) is 3.71. The predicted octanol–water partition coefficient (Wildman–Crippen LogP) is 3.69. The molecule has 0 aliphatic heterocycles. The van der Waals surface area contributed by atoms with Gasteiger partial charge in [-0.15, -0.1) is 10.2 Å². The van der Waals surface area contributed by atoms with Gasteiger partial charge in [0.15, 0.2) is 10.2 Å². The average Bonchev–Trinajstić information content (AvgIpc) is 3.14. The number of benzene rings is 1. The highest BCUT2D eigenvalue weighted by Gasteiger charge is 2.09. The van der Waals surface area contributed by atoms with Gasteiger partial charge in [0.05, 0.1) is 0 Å². The number of aryl methyl sites for hydroxylation is 2. The van der Waals surface area contributed by atoms with E-state index in [2.05, 4.69) is 20.7 Å². The van der Waals surface area contributed by atoms with Crippen molar-refractivity contribution in [3.63, 3.8) is 0 Å². The first-order valence-electron chi connectivity index (χ1n) is 6.86. The molecule has 0 bridgehead atoms. The maximum atomic E-state index is 12.1. The van der Waals surface area contributed by atoms with Crippen LogP contribution in [0.2, 0.25) is 0 Å². The van der Waals surface area contributed by atoms with Gasteiger partial charge in [-0.05, 0) is 31.5 Å². The molecular weight excluding hydrogens is 332 g/mol. The molecule has 23 heavy (non-hydrogen) atoms. The van der Waals surface area contributed by atoms with E-state index in [0.717, 1.165) is 20.7 Å². The molecule has 0 saturated carbocycles. The van der Waals surface area contributed by atoms with Crippen LogP contribution in [0.3, 0.4) is 0 Å². The lowest BCUT2D eigenvalue weighted by Crippen LogP contribution is -2.11. The van der Waals surface area contributed by atoms with Crippen LogP contribution in [0.4, 0.5) is 5.82 Å². The molecule has 0 saturated heterocycles. The average molecular weight is 346 g/mol. The number of anilines is 1. The number of hydrogen-bond donors (Lipinski definition) is 1. The molecule has 3 rings (SSSR count).